The van der Waals surface area contributed by atoms with E-state index in [1.807, 2.05) is 6.92 Å². The van der Waals surface area contributed by atoms with Gasteiger partial charge in [-0.15, -0.1) is 0 Å². The minimum atomic E-state index is -0.299. The quantitative estimate of drug-likeness (QED) is 0.777. The summed E-state index contributed by atoms with van der Waals surface area (Å²) in [6.45, 7) is 3.76. The van der Waals surface area contributed by atoms with E-state index in [4.69, 9.17) is 0 Å². The molecular formula is C13H16FNO. The molecule has 0 amide bonds. The summed E-state index contributed by atoms with van der Waals surface area (Å²) in [6, 6.07) is 5.84. The molecule has 1 heterocycles. The molecule has 0 bridgehead atoms. The van der Waals surface area contributed by atoms with E-state index >= 15 is 0 Å². The van der Waals surface area contributed by atoms with Gasteiger partial charge in [0.15, 0.2) is 5.78 Å². The predicted molar refractivity (Wildman–Crippen MR) is 60.9 cm³/mol. The van der Waals surface area contributed by atoms with Crippen LogP contribution in [0.2, 0.25) is 0 Å². The Balaban J connectivity index is 2.20. The van der Waals surface area contributed by atoms with Gasteiger partial charge in [-0.3, -0.25) is 4.79 Å². The summed E-state index contributed by atoms with van der Waals surface area (Å²) in [7, 11) is 0. The van der Waals surface area contributed by atoms with Crippen molar-refractivity contribution in [3.63, 3.8) is 0 Å². The first-order valence-corrected chi connectivity index (χ1v) is 5.63. The van der Waals surface area contributed by atoms with E-state index in [9.17, 15) is 9.18 Å². The van der Waals surface area contributed by atoms with Crippen molar-refractivity contribution in [2.45, 2.75) is 19.8 Å². The second-order valence-corrected chi connectivity index (χ2v) is 4.65. The van der Waals surface area contributed by atoms with Crippen molar-refractivity contribution in [1.29, 1.82) is 0 Å². The summed E-state index contributed by atoms with van der Waals surface area (Å²) in [5.74, 6) is -0.166. The van der Waals surface area contributed by atoms with Crippen LogP contribution >= 0.6 is 0 Å². The topological polar surface area (TPSA) is 29.1 Å². The van der Waals surface area contributed by atoms with Crippen LogP contribution in [-0.4, -0.2) is 18.9 Å². The first kappa shape index (κ1) is 11.3. The zero-order chi connectivity index (χ0) is 11.6. The second-order valence-electron chi connectivity index (χ2n) is 4.65. The molecule has 0 aromatic heterocycles. The number of ketones is 1. The average Bonchev–Trinajstić information content (AvgIpc) is 2.30. The number of carbonyl (C=O) groups is 1. The maximum absolute atomic E-state index is 12.8. The molecule has 0 aliphatic carbocycles. The van der Waals surface area contributed by atoms with Gasteiger partial charge in [-0.2, -0.15) is 0 Å². The Bertz CT molecular complexity index is 379. The number of benzene rings is 1. The summed E-state index contributed by atoms with van der Waals surface area (Å²) in [4.78, 5) is 12.3. The van der Waals surface area contributed by atoms with Crippen molar-refractivity contribution in [1.82, 2.24) is 5.32 Å². The van der Waals surface area contributed by atoms with Crippen molar-refractivity contribution in [2.24, 2.45) is 5.41 Å². The molecule has 1 aromatic rings. The molecule has 1 saturated heterocycles. The maximum Gasteiger partial charge on any atom is 0.168 e. The van der Waals surface area contributed by atoms with Gasteiger partial charge in [-0.1, -0.05) is 6.92 Å². The highest BCUT2D eigenvalue weighted by molar-refractivity contribution is 6.00. The molecule has 1 aliphatic heterocycles. The van der Waals surface area contributed by atoms with Gasteiger partial charge in [-0.05, 0) is 50.2 Å². The largest absolute Gasteiger partial charge is 0.317 e. The lowest BCUT2D eigenvalue weighted by molar-refractivity contribution is 0.0762. The van der Waals surface area contributed by atoms with E-state index in [1.54, 1.807) is 12.1 Å². The third-order valence-corrected chi connectivity index (χ3v) is 3.36. The minimum Gasteiger partial charge on any atom is -0.317 e. The van der Waals surface area contributed by atoms with Gasteiger partial charge in [-0.25, -0.2) is 4.39 Å². The fourth-order valence-electron chi connectivity index (χ4n) is 2.16. The molecule has 1 aromatic carbocycles. The Kier molecular flexibility index (Phi) is 3.06. The number of Topliss-reactive ketones (excluding diaryl/α,β-unsaturated/α-hetero) is 1. The van der Waals surface area contributed by atoms with Crippen molar-refractivity contribution < 1.29 is 9.18 Å². The molecule has 0 atom stereocenters. The van der Waals surface area contributed by atoms with Crippen LogP contribution in [0.3, 0.4) is 0 Å². The molecule has 3 heteroatoms. The summed E-state index contributed by atoms with van der Waals surface area (Å²) < 4.78 is 12.8. The van der Waals surface area contributed by atoms with Crippen LogP contribution in [0, 0.1) is 11.2 Å². The van der Waals surface area contributed by atoms with Crippen LogP contribution in [-0.2, 0) is 0 Å². The van der Waals surface area contributed by atoms with E-state index < -0.39 is 0 Å². The molecule has 16 heavy (non-hydrogen) atoms. The molecule has 1 N–H and O–H groups in total. The van der Waals surface area contributed by atoms with Gasteiger partial charge in [0.25, 0.3) is 0 Å². The summed E-state index contributed by atoms with van der Waals surface area (Å²) >= 11 is 0. The second kappa shape index (κ2) is 4.34. The van der Waals surface area contributed by atoms with Crippen molar-refractivity contribution >= 4 is 5.78 Å². The van der Waals surface area contributed by atoms with Crippen molar-refractivity contribution in [3.8, 4) is 0 Å². The molecule has 0 radical (unpaired) electrons. The third-order valence-electron chi connectivity index (χ3n) is 3.36. The highest BCUT2D eigenvalue weighted by atomic mass is 19.1. The monoisotopic (exact) mass is 221 g/mol. The molecule has 0 saturated carbocycles. The summed E-state index contributed by atoms with van der Waals surface area (Å²) in [5.41, 5.74) is 0.328. The first-order valence-electron chi connectivity index (χ1n) is 5.63. The Morgan fingerprint density at radius 3 is 2.38 bits per heavy atom. The van der Waals surface area contributed by atoms with Crippen LogP contribution in [0.25, 0.3) is 0 Å². The Labute approximate surface area is 94.9 Å². The Morgan fingerprint density at radius 2 is 1.81 bits per heavy atom. The lowest BCUT2D eigenvalue weighted by Crippen LogP contribution is -2.40. The van der Waals surface area contributed by atoms with E-state index in [0.717, 1.165) is 25.9 Å². The van der Waals surface area contributed by atoms with Crippen LogP contribution in [0.15, 0.2) is 24.3 Å². The van der Waals surface area contributed by atoms with Crippen molar-refractivity contribution in [3.05, 3.63) is 35.6 Å². The number of carbonyl (C=O) groups excluding carboxylic acids is 1. The first-order chi connectivity index (χ1) is 7.62. The standard InChI is InChI=1S/C13H16FNO/c1-13(6-8-15-9-7-13)12(16)10-2-4-11(14)5-3-10/h2-5,15H,6-9H2,1H3. The zero-order valence-corrected chi connectivity index (χ0v) is 9.42. The number of hydrogen-bond donors (Lipinski definition) is 1. The summed E-state index contributed by atoms with van der Waals surface area (Å²) in [6.07, 6.45) is 1.70. The van der Waals surface area contributed by atoms with Crippen molar-refractivity contribution in [2.75, 3.05) is 13.1 Å². The van der Waals surface area contributed by atoms with Crippen LogP contribution in [0.1, 0.15) is 30.1 Å². The molecule has 2 nitrogen and oxygen atoms in total. The van der Waals surface area contributed by atoms with Gasteiger partial charge >= 0.3 is 0 Å². The lowest BCUT2D eigenvalue weighted by atomic mass is 9.75. The van der Waals surface area contributed by atoms with Gasteiger partial charge in [0.1, 0.15) is 5.82 Å². The number of hydrogen-bond acceptors (Lipinski definition) is 2. The van der Waals surface area contributed by atoms with E-state index in [1.165, 1.54) is 12.1 Å². The molecule has 1 aliphatic rings. The lowest BCUT2D eigenvalue weighted by Gasteiger charge is -2.32. The molecule has 2 rings (SSSR count). The molecule has 1 fully saturated rings. The highest BCUT2D eigenvalue weighted by Crippen LogP contribution is 2.32. The number of rotatable bonds is 2. The molecular weight excluding hydrogens is 205 g/mol. The van der Waals surface area contributed by atoms with E-state index in [2.05, 4.69) is 5.32 Å². The van der Waals surface area contributed by atoms with Crippen LogP contribution in [0.4, 0.5) is 4.39 Å². The minimum absolute atomic E-state index is 0.133. The SMILES string of the molecule is CC1(C(=O)c2ccc(F)cc2)CCNCC1. The normalized spacial score (nSPS) is 19.4. The summed E-state index contributed by atoms with van der Waals surface area (Å²) in [5, 5.41) is 3.24. The Hall–Kier alpha value is -1.22. The number of piperidine rings is 1. The predicted octanol–water partition coefficient (Wildman–Crippen LogP) is 2.40. The maximum atomic E-state index is 12.8. The zero-order valence-electron chi connectivity index (χ0n) is 9.42. The van der Waals surface area contributed by atoms with Gasteiger partial charge in [0, 0.05) is 11.0 Å². The fourth-order valence-corrected chi connectivity index (χ4v) is 2.16. The van der Waals surface area contributed by atoms with E-state index in [0.29, 0.717) is 5.56 Å². The number of halogens is 1. The van der Waals surface area contributed by atoms with Gasteiger partial charge in [0.2, 0.25) is 0 Å². The molecule has 0 spiro atoms. The van der Waals surface area contributed by atoms with Gasteiger partial charge in [0.05, 0.1) is 0 Å². The fraction of sp³-hybridized carbons (Fsp3) is 0.462. The average molecular weight is 221 g/mol. The number of nitrogens with one attached hydrogen (secondary N) is 1. The highest BCUT2D eigenvalue weighted by Gasteiger charge is 2.34. The smallest absolute Gasteiger partial charge is 0.168 e. The Morgan fingerprint density at radius 1 is 1.25 bits per heavy atom. The van der Waals surface area contributed by atoms with E-state index in [-0.39, 0.29) is 17.0 Å². The van der Waals surface area contributed by atoms with Crippen LogP contribution < -0.4 is 5.32 Å². The van der Waals surface area contributed by atoms with Gasteiger partial charge < -0.3 is 5.32 Å². The van der Waals surface area contributed by atoms with Crippen LogP contribution in [0.5, 0.6) is 0 Å². The third kappa shape index (κ3) is 2.14. The molecule has 86 valence electrons. The molecule has 0 unspecified atom stereocenters.